The molecule has 1 saturated heterocycles. The Morgan fingerprint density at radius 2 is 1.88 bits per heavy atom. The number of benzene rings is 1. The van der Waals surface area contributed by atoms with Gasteiger partial charge in [0.25, 0.3) is 0 Å². The lowest BCUT2D eigenvalue weighted by molar-refractivity contribution is -0.133. The van der Waals surface area contributed by atoms with E-state index >= 15 is 0 Å². The van der Waals surface area contributed by atoms with E-state index in [2.05, 4.69) is 5.32 Å². The molecule has 25 heavy (non-hydrogen) atoms. The molecule has 0 radical (unpaired) electrons. The summed E-state index contributed by atoms with van der Waals surface area (Å²) in [4.78, 5) is 26.7. The first kappa shape index (κ1) is 17.7. The topological polar surface area (TPSA) is 58.6 Å². The fourth-order valence-electron chi connectivity index (χ4n) is 3.27. The van der Waals surface area contributed by atoms with Gasteiger partial charge in [-0.3, -0.25) is 4.79 Å². The monoisotopic (exact) mass is 348 g/mol. The third-order valence-electron chi connectivity index (χ3n) is 4.72. The number of alkyl carbamates (subject to hydrolysis) is 1. The van der Waals surface area contributed by atoms with Gasteiger partial charge in [-0.25, -0.2) is 9.18 Å². The molecular weight excluding hydrogens is 323 g/mol. The summed E-state index contributed by atoms with van der Waals surface area (Å²) in [6.45, 7) is 6.63. The third-order valence-corrected chi connectivity index (χ3v) is 4.72. The molecule has 136 valence electrons. The van der Waals surface area contributed by atoms with Gasteiger partial charge in [-0.15, -0.1) is 0 Å². The van der Waals surface area contributed by atoms with Crippen molar-refractivity contribution in [2.75, 3.05) is 13.1 Å². The summed E-state index contributed by atoms with van der Waals surface area (Å²) < 4.78 is 18.3. The lowest BCUT2D eigenvalue weighted by Crippen LogP contribution is -2.51. The maximum Gasteiger partial charge on any atom is 0.408 e. The van der Waals surface area contributed by atoms with Gasteiger partial charge < -0.3 is 15.0 Å². The van der Waals surface area contributed by atoms with Gasteiger partial charge in [-0.1, -0.05) is 12.1 Å². The van der Waals surface area contributed by atoms with Gasteiger partial charge in [0.15, 0.2) is 0 Å². The summed E-state index contributed by atoms with van der Waals surface area (Å²) in [5.41, 5.74) is -0.355. The number of ether oxygens (including phenoxy) is 1. The van der Waals surface area contributed by atoms with Crippen molar-refractivity contribution in [1.82, 2.24) is 10.2 Å². The number of nitrogens with zero attached hydrogens (tertiary/aromatic N) is 1. The minimum Gasteiger partial charge on any atom is -0.444 e. The molecule has 0 unspecified atom stereocenters. The second-order valence-electron chi connectivity index (χ2n) is 8.00. The molecule has 2 fully saturated rings. The first-order valence-electron chi connectivity index (χ1n) is 8.75. The fourth-order valence-corrected chi connectivity index (χ4v) is 3.27. The number of hydrogen-bond donors (Lipinski definition) is 1. The number of likely N-dealkylation sites (tertiary alicyclic amines) is 1. The molecule has 5 nitrogen and oxygen atoms in total. The van der Waals surface area contributed by atoms with Crippen molar-refractivity contribution in [3.63, 3.8) is 0 Å². The average Bonchev–Trinajstić information content (AvgIpc) is 3.11. The highest BCUT2D eigenvalue weighted by Crippen LogP contribution is 2.39. The van der Waals surface area contributed by atoms with Gasteiger partial charge >= 0.3 is 6.09 Å². The molecule has 3 rings (SSSR count). The van der Waals surface area contributed by atoms with E-state index in [1.54, 1.807) is 37.8 Å². The van der Waals surface area contributed by atoms with Crippen LogP contribution in [0, 0.1) is 5.82 Å². The van der Waals surface area contributed by atoms with Crippen LogP contribution < -0.4 is 5.32 Å². The number of rotatable bonds is 3. The molecule has 0 bridgehead atoms. The van der Waals surface area contributed by atoms with Crippen molar-refractivity contribution >= 4 is 12.0 Å². The minimum atomic E-state index is -0.806. The van der Waals surface area contributed by atoms with E-state index in [9.17, 15) is 14.0 Å². The largest absolute Gasteiger partial charge is 0.444 e. The van der Waals surface area contributed by atoms with Gasteiger partial charge in [-0.2, -0.15) is 0 Å². The van der Waals surface area contributed by atoms with E-state index in [4.69, 9.17) is 4.74 Å². The van der Waals surface area contributed by atoms with Gasteiger partial charge in [0.1, 0.15) is 17.0 Å². The molecule has 1 N–H and O–H groups in total. The molecule has 1 heterocycles. The Kier molecular flexibility index (Phi) is 4.47. The molecule has 6 heteroatoms. The number of hydrogen-bond acceptors (Lipinski definition) is 3. The smallest absolute Gasteiger partial charge is 0.408 e. The molecule has 0 spiro atoms. The lowest BCUT2D eigenvalue weighted by atomic mass is 9.98. The van der Waals surface area contributed by atoms with Crippen molar-refractivity contribution in [2.45, 2.75) is 57.1 Å². The van der Waals surface area contributed by atoms with Crippen molar-refractivity contribution in [1.29, 1.82) is 0 Å². The Morgan fingerprint density at radius 1 is 1.24 bits per heavy atom. The van der Waals surface area contributed by atoms with Crippen LogP contribution in [0.25, 0.3) is 0 Å². The van der Waals surface area contributed by atoms with Crippen LogP contribution in [0.1, 0.15) is 51.5 Å². The number of amides is 2. The van der Waals surface area contributed by atoms with Crippen LogP contribution >= 0.6 is 0 Å². The van der Waals surface area contributed by atoms with Crippen LogP contribution in [0.3, 0.4) is 0 Å². The molecule has 1 aliphatic heterocycles. The van der Waals surface area contributed by atoms with Crippen molar-refractivity contribution in [3.8, 4) is 0 Å². The van der Waals surface area contributed by atoms with Gasteiger partial charge in [0.2, 0.25) is 5.91 Å². The van der Waals surface area contributed by atoms with Gasteiger partial charge in [0.05, 0.1) is 0 Å². The van der Waals surface area contributed by atoms with Crippen LogP contribution in [-0.2, 0) is 9.53 Å². The number of carbonyl (C=O) groups excluding carboxylic acids is 2. The SMILES string of the molecule is CC(C)(C)OC(=O)NC1(C(=O)N2CC[C@@H](c3ccc(F)cc3)C2)CC1. The second kappa shape index (κ2) is 6.32. The highest BCUT2D eigenvalue weighted by molar-refractivity contribution is 5.93. The van der Waals surface area contributed by atoms with Crippen LogP contribution in [0.4, 0.5) is 9.18 Å². The number of nitrogens with one attached hydrogen (secondary N) is 1. The molecule has 1 aliphatic carbocycles. The van der Waals surface area contributed by atoms with Gasteiger partial charge in [-0.05, 0) is 57.7 Å². The zero-order chi connectivity index (χ0) is 18.2. The van der Waals surface area contributed by atoms with E-state index in [0.29, 0.717) is 25.9 Å². The third kappa shape index (κ3) is 4.11. The number of carbonyl (C=O) groups is 2. The maximum absolute atomic E-state index is 13.1. The summed E-state index contributed by atoms with van der Waals surface area (Å²) in [5.74, 6) is -0.0852. The van der Waals surface area contributed by atoms with E-state index < -0.39 is 17.2 Å². The summed E-state index contributed by atoms with van der Waals surface area (Å²) >= 11 is 0. The Balaban J connectivity index is 1.60. The fraction of sp³-hybridized carbons (Fsp3) is 0.579. The first-order valence-corrected chi connectivity index (χ1v) is 8.75. The Bertz CT molecular complexity index is 662. The Morgan fingerprint density at radius 3 is 2.44 bits per heavy atom. The van der Waals surface area contributed by atoms with Crippen molar-refractivity contribution in [3.05, 3.63) is 35.6 Å². The van der Waals surface area contributed by atoms with E-state index in [1.807, 2.05) is 0 Å². The summed E-state index contributed by atoms with van der Waals surface area (Å²) in [7, 11) is 0. The molecule has 0 aromatic heterocycles. The number of halogens is 1. The maximum atomic E-state index is 13.1. The highest BCUT2D eigenvalue weighted by Gasteiger charge is 2.54. The molecule has 2 amide bonds. The van der Waals surface area contributed by atoms with Crippen molar-refractivity contribution in [2.24, 2.45) is 0 Å². The molecule has 1 atom stereocenters. The zero-order valence-electron chi connectivity index (χ0n) is 15.0. The summed E-state index contributed by atoms with van der Waals surface area (Å²) in [6.07, 6.45) is 1.58. The second-order valence-corrected chi connectivity index (χ2v) is 8.00. The van der Waals surface area contributed by atoms with E-state index in [-0.39, 0.29) is 17.6 Å². The predicted octanol–water partition coefficient (Wildman–Crippen LogP) is 3.20. The van der Waals surface area contributed by atoms with E-state index in [0.717, 1.165) is 12.0 Å². The van der Waals surface area contributed by atoms with Crippen LogP contribution in [0.2, 0.25) is 0 Å². The molecule has 1 aromatic rings. The first-order chi connectivity index (χ1) is 11.7. The van der Waals surface area contributed by atoms with Gasteiger partial charge in [0, 0.05) is 19.0 Å². The standard InChI is InChI=1S/C19H25FN2O3/c1-18(2,3)25-17(24)21-19(9-10-19)16(23)22-11-8-14(12-22)13-4-6-15(20)7-5-13/h4-7,14H,8-12H2,1-3H3,(H,21,24)/t14-/m1/s1. The lowest BCUT2D eigenvalue weighted by Gasteiger charge is -2.26. The van der Waals surface area contributed by atoms with Crippen LogP contribution in [-0.4, -0.2) is 41.1 Å². The molecule has 2 aliphatic rings. The Hall–Kier alpha value is -2.11. The molecule has 1 saturated carbocycles. The highest BCUT2D eigenvalue weighted by atomic mass is 19.1. The molecular formula is C19H25FN2O3. The average molecular weight is 348 g/mol. The van der Waals surface area contributed by atoms with E-state index in [1.165, 1.54) is 12.1 Å². The van der Waals surface area contributed by atoms with Crippen LogP contribution in [0.15, 0.2) is 24.3 Å². The minimum absolute atomic E-state index is 0.0389. The summed E-state index contributed by atoms with van der Waals surface area (Å²) in [6, 6.07) is 6.46. The quantitative estimate of drug-likeness (QED) is 0.913. The van der Waals surface area contributed by atoms with Crippen molar-refractivity contribution < 1.29 is 18.7 Å². The molecule has 1 aromatic carbocycles. The predicted molar refractivity (Wildman–Crippen MR) is 91.7 cm³/mol. The Labute approximate surface area is 147 Å². The zero-order valence-corrected chi connectivity index (χ0v) is 15.0. The summed E-state index contributed by atoms with van der Waals surface area (Å²) in [5, 5.41) is 2.76. The normalized spacial score (nSPS) is 21.8. The van der Waals surface area contributed by atoms with Crippen LogP contribution in [0.5, 0.6) is 0 Å².